The molecule has 26 heavy (non-hydrogen) atoms. The van der Waals surface area contributed by atoms with Gasteiger partial charge in [-0.2, -0.15) is 0 Å². The Hall–Kier alpha value is -2.12. The van der Waals surface area contributed by atoms with Crippen molar-refractivity contribution in [2.75, 3.05) is 32.8 Å². The molecule has 140 valence electrons. The highest BCUT2D eigenvalue weighted by Gasteiger charge is 2.41. The summed E-state index contributed by atoms with van der Waals surface area (Å²) >= 11 is 0. The molecule has 7 nitrogen and oxygen atoms in total. The van der Waals surface area contributed by atoms with Crippen LogP contribution in [0, 0.1) is 0 Å². The first-order chi connectivity index (χ1) is 12.7. The monoisotopic (exact) mass is 357 g/mol. The second kappa shape index (κ2) is 7.25. The number of aromatic nitrogens is 3. The molecule has 2 fully saturated rings. The summed E-state index contributed by atoms with van der Waals surface area (Å²) in [5, 5.41) is 0. The van der Waals surface area contributed by atoms with Crippen molar-refractivity contribution >= 4 is 5.91 Å². The lowest BCUT2D eigenvalue weighted by Crippen LogP contribution is -2.58. The summed E-state index contributed by atoms with van der Waals surface area (Å²) in [6, 6.07) is 3.75. The second-order valence-electron chi connectivity index (χ2n) is 7.45. The van der Waals surface area contributed by atoms with Crippen LogP contribution in [0.15, 0.2) is 37.1 Å². The number of nitrogens with zero attached hydrogens (tertiary/aromatic N) is 4. The number of imidazole rings is 1. The van der Waals surface area contributed by atoms with E-state index in [1.807, 2.05) is 47.1 Å². The Morgan fingerprint density at radius 2 is 2.08 bits per heavy atom. The Bertz CT molecular complexity index is 704. The number of carbonyl (C=O) groups excluding carboxylic acids is 1. The normalized spacial score (nSPS) is 21.8. The Balaban J connectivity index is 1.35. The third-order valence-electron chi connectivity index (χ3n) is 5.71. The van der Waals surface area contributed by atoms with Crippen LogP contribution >= 0.6 is 0 Å². The minimum Gasteiger partial charge on any atom is -0.371 e. The lowest BCUT2D eigenvalue weighted by Gasteiger charge is -2.47. The molecule has 4 heterocycles. The molecule has 2 saturated heterocycles. The summed E-state index contributed by atoms with van der Waals surface area (Å²) in [6.07, 6.45) is 9.43. The molecule has 1 spiro atoms. The molecule has 2 aliphatic heterocycles. The van der Waals surface area contributed by atoms with Crippen LogP contribution in [0.2, 0.25) is 0 Å². The van der Waals surface area contributed by atoms with Crippen LogP contribution in [0.25, 0.3) is 0 Å². The van der Waals surface area contributed by atoms with Gasteiger partial charge in [-0.15, -0.1) is 0 Å². The molecule has 0 radical (unpaired) electrons. The van der Waals surface area contributed by atoms with Gasteiger partial charge in [-0.3, -0.25) is 9.69 Å². The molecule has 7 heteroatoms. The molecule has 4 rings (SSSR count). The molecule has 1 atom stereocenters. The first-order valence-corrected chi connectivity index (χ1v) is 9.40. The van der Waals surface area contributed by atoms with Gasteiger partial charge in [-0.25, -0.2) is 4.98 Å². The van der Waals surface area contributed by atoms with E-state index in [0.29, 0.717) is 19.7 Å². The minimum atomic E-state index is -0.186. The number of piperidine rings is 1. The van der Waals surface area contributed by atoms with Crippen molar-refractivity contribution < 1.29 is 9.53 Å². The van der Waals surface area contributed by atoms with Gasteiger partial charge in [0.25, 0.3) is 0 Å². The van der Waals surface area contributed by atoms with Crippen LogP contribution in [0.5, 0.6) is 0 Å². The van der Waals surface area contributed by atoms with Crippen LogP contribution < -0.4 is 0 Å². The fourth-order valence-electron chi connectivity index (χ4n) is 4.06. The lowest BCUT2D eigenvalue weighted by atomic mass is 9.89. The van der Waals surface area contributed by atoms with Crippen LogP contribution in [0.4, 0.5) is 0 Å². The van der Waals surface area contributed by atoms with E-state index in [-0.39, 0.29) is 17.6 Å². The number of hydrogen-bond donors (Lipinski definition) is 1. The number of amides is 1. The third-order valence-corrected chi connectivity index (χ3v) is 5.71. The number of hydrogen-bond acceptors (Lipinski definition) is 4. The number of nitrogens with one attached hydrogen (secondary N) is 1. The summed E-state index contributed by atoms with van der Waals surface area (Å²) < 4.78 is 8.16. The van der Waals surface area contributed by atoms with Crippen LogP contribution in [-0.4, -0.2) is 68.6 Å². The van der Waals surface area contributed by atoms with E-state index >= 15 is 0 Å². The molecule has 0 saturated carbocycles. The van der Waals surface area contributed by atoms with E-state index in [2.05, 4.69) is 14.9 Å². The van der Waals surface area contributed by atoms with Crippen LogP contribution in [0.3, 0.4) is 0 Å². The van der Waals surface area contributed by atoms with Crippen molar-refractivity contribution in [3.05, 3.63) is 42.7 Å². The predicted octanol–water partition coefficient (Wildman–Crippen LogP) is 1.67. The molecule has 1 N–H and O–H groups in total. The molecule has 1 unspecified atom stereocenters. The van der Waals surface area contributed by atoms with E-state index in [1.165, 1.54) is 0 Å². The van der Waals surface area contributed by atoms with Crippen LogP contribution in [-0.2, 0) is 16.1 Å². The summed E-state index contributed by atoms with van der Waals surface area (Å²) in [4.78, 5) is 24.6. The number of H-pyrrole nitrogens is 1. The first-order valence-electron chi connectivity index (χ1n) is 9.40. The van der Waals surface area contributed by atoms with Gasteiger partial charge in [0.1, 0.15) is 6.04 Å². The van der Waals surface area contributed by atoms with Gasteiger partial charge >= 0.3 is 0 Å². The minimum absolute atomic E-state index is 0.166. The van der Waals surface area contributed by atoms with E-state index in [4.69, 9.17) is 4.74 Å². The predicted molar refractivity (Wildman–Crippen MR) is 97.5 cm³/mol. The zero-order valence-electron chi connectivity index (χ0n) is 15.3. The topological polar surface area (TPSA) is 66.4 Å². The maximum atomic E-state index is 12.9. The van der Waals surface area contributed by atoms with E-state index in [9.17, 15) is 4.79 Å². The largest absolute Gasteiger partial charge is 0.371 e. The fourth-order valence-corrected chi connectivity index (χ4v) is 4.06. The maximum absolute atomic E-state index is 12.9. The number of carbonyl (C=O) groups is 1. The Morgan fingerprint density at radius 3 is 2.77 bits per heavy atom. The highest BCUT2D eigenvalue weighted by molar-refractivity contribution is 5.80. The molecular formula is C19H27N5O2. The van der Waals surface area contributed by atoms with Gasteiger partial charge in [-0.05, 0) is 31.9 Å². The lowest BCUT2D eigenvalue weighted by molar-refractivity contribution is -0.162. The Kier molecular flexibility index (Phi) is 4.82. The van der Waals surface area contributed by atoms with Crippen molar-refractivity contribution in [3.63, 3.8) is 0 Å². The van der Waals surface area contributed by atoms with Gasteiger partial charge in [-0.1, -0.05) is 0 Å². The zero-order valence-corrected chi connectivity index (χ0v) is 15.3. The smallest absolute Gasteiger partial charge is 0.245 e. The Labute approximate surface area is 153 Å². The van der Waals surface area contributed by atoms with E-state index in [1.54, 1.807) is 6.33 Å². The average Bonchev–Trinajstić information content (AvgIpc) is 3.37. The second-order valence-corrected chi connectivity index (χ2v) is 7.45. The van der Waals surface area contributed by atoms with E-state index < -0.39 is 0 Å². The van der Waals surface area contributed by atoms with E-state index in [0.717, 1.165) is 38.2 Å². The Morgan fingerprint density at radius 1 is 1.31 bits per heavy atom. The van der Waals surface area contributed by atoms with Crippen molar-refractivity contribution in [1.82, 2.24) is 24.3 Å². The number of likely N-dealkylation sites (tertiary alicyclic amines) is 1. The van der Waals surface area contributed by atoms with Crippen molar-refractivity contribution in [3.8, 4) is 0 Å². The fraction of sp³-hybridized carbons (Fsp3) is 0.579. The standard InChI is InChI=1S/C19H27N5O2/c1-16(23-6-2-3-7-23)18(25)24-10-11-26-19(14-24)4-8-22(9-5-19)13-17-12-20-15-21-17/h2-3,6-7,12,15-16H,4-5,8-11,13-14H2,1H3,(H,20,21). The molecule has 2 aromatic heterocycles. The first kappa shape index (κ1) is 17.3. The van der Waals surface area contributed by atoms with Gasteiger partial charge < -0.3 is 19.2 Å². The average molecular weight is 357 g/mol. The molecule has 0 aliphatic carbocycles. The number of aromatic amines is 1. The van der Waals surface area contributed by atoms with Crippen molar-refractivity contribution in [2.45, 2.75) is 38.0 Å². The molecular weight excluding hydrogens is 330 g/mol. The molecule has 1 amide bonds. The number of morpholine rings is 1. The highest BCUT2D eigenvalue weighted by Crippen LogP contribution is 2.31. The summed E-state index contributed by atoms with van der Waals surface area (Å²) in [6.45, 7) is 6.84. The van der Waals surface area contributed by atoms with Gasteiger partial charge in [0.05, 0.1) is 18.5 Å². The SMILES string of the molecule is CC(C(=O)N1CCOC2(CCN(Cc3cnc[nH]3)CC2)C1)n1cccc1. The third kappa shape index (κ3) is 3.54. The summed E-state index contributed by atoms with van der Waals surface area (Å²) in [5.74, 6) is 0.184. The van der Waals surface area contributed by atoms with Gasteiger partial charge in [0, 0.05) is 57.0 Å². The summed E-state index contributed by atoms with van der Waals surface area (Å²) in [7, 11) is 0. The molecule has 2 aromatic rings. The number of rotatable bonds is 4. The van der Waals surface area contributed by atoms with Gasteiger partial charge in [0.15, 0.2) is 0 Å². The maximum Gasteiger partial charge on any atom is 0.245 e. The van der Waals surface area contributed by atoms with Crippen molar-refractivity contribution in [1.29, 1.82) is 0 Å². The highest BCUT2D eigenvalue weighted by atomic mass is 16.5. The van der Waals surface area contributed by atoms with Gasteiger partial charge in [0.2, 0.25) is 5.91 Å². The summed E-state index contributed by atoms with van der Waals surface area (Å²) in [5.41, 5.74) is 0.956. The molecule has 0 bridgehead atoms. The molecule has 0 aromatic carbocycles. The van der Waals surface area contributed by atoms with Crippen LogP contribution in [0.1, 0.15) is 31.5 Å². The van der Waals surface area contributed by atoms with Crippen molar-refractivity contribution in [2.24, 2.45) is 0 Å². The number of ether oxygens (including phenoxy) is 1. The molecule has 2 aliphatic rings. The zero-order chi connectivity index (χ0) is 18.0. The quantitative estimate of drug-likeness (QED) is 0.904.